The molecule has 0 spiro atoms. The number of hydrogen-bond acceptors (Lipinski definition) is 3. The Bertz CT molecular complexity index is 426. The summed E-state index contributed by atoms with van der Waals surface area (Å²) in [6.45, 7) is -0.423. The maximum atomic E-state index is 12.3. The predicted molar refractivity (Wildman–Crippen MR) is 65.9 cm³/mol. The van der Waals surface area contributed by atoms with Crippen LogP contribution in [0.25, 0.3) is 0 Å². The minimum atomic E-state index is -2.45. The molecule has 4 nitrogen and oxygen atoms in total. The van der Waals surface area contributed by atoms with Gasteiger partial charge in [-0.1, -0.05) is 21.1 Å². The van der Waals surface area contributed by atoms with Gasteiger partial charge in [0.1, 0.15) is 0 Å². The molecule has 0 aliphatic heterocycles. The average Bonchev–Trinajstić information content (AvgIpc) is 2.26. The highest BCUT2D eigenvalue weighted by Gasteiger charge is 2.14. The second-order valence-electron chi connectivity index (χ2n) is 3.42. The molecule has 0 saturated heterocycles. The Morgan fingerprint density at radius 2 is 2.24 bits per heavy atom. The van der Waals surface area contributed by atoms with Gasteiger partial charge in [0.05, 0.1) is 6.54 Å². The molecule has 7 heteroatoms. The second-order valence-corrected chi connectivity index (χ2v) is 4.33. The first-order valence-corrected chi connectivity index (χ1v) is 5.51. The Hall–Kier alpha value is -1.37. The second kappa shape index (κ2) is 5.81. The van der Waals surface area contributed by atoms with E-state index in [1.54, 1.807) is 18.2 Å². The third kappa shape index (κ3) is 3.55. The predicted octanol–water partition coefficient (Wildman–Crippen LogP) is 2.24. The summed E-state index contributed by atoms with van der Waals surface area (Å²) < 4.78 is 25.3. The molecule has 0 fully saturated rings. The number of anilines is 1. The van der Waals surface area contributed by atoms with Gasteiger partial charge in [-0.05, 0) is 18.2 Å². The normalized spacial score (nSPS) is 11.9. The van der Waals surface area contributed by atoms with Crippen LogP contribution >= 0.6 is 15.9 Å². The van der Waals surface area contributed by atoms with Crippen LogP contribution in [0, 0.1) is 0 Å². The lowest BCUT2D eigenvalue weighted by molar-refractivity contribution is 0.156. The van der Waals surface area contributed by atoms with E-state index in [0.29, 0.717) is 15.7 Å². The van der Waals surface area contributed by atoms with Crippen LogP contribution in [0.15, 0.2) is 27.8 Å². The van der Waals surface area contributed by atoms with E-state index in [9.17, 15) is 8.78 Å². The number of halogens is 3. The molecule has 0 radical (unpaired) electrons. The van der Waals surface area contributed by atoms with Crippen LogP contribution < -0.4 is 10.6 Å². The maximum Gasteiger partial charge on any atom is 0.255 e. The Kier molecular flexibility index (Phi) is 4.68. The highest BCUT2D eigenvalue weighted by Crippen LogP contribution is 2.24. The van der Waals surface area contributed by atoms with Gasteiger partial charge >= 0.3 is 0 Å². The molecule has 1 aromatic rings. The van der Waals surface area contributed by atoms with Crippen molar-refractivity contribution in [3.05, 3.63) is 28.2 Å². The summed E-state index contributed by atoms with van der Waals surface area (Å²) in [6.07, 6.45) is -2.45. The summed E-state index contributed by atoms with van der Waals surface area (Å²) in [7, 11) is 1.52. The maximum absolute atomic E-state index is 12.3. The number of hydrogen-bond donors (Lipinski definition) is 2. The highest BCUT2D eigenvalue weighted by atomic mass is 79.9. The molecule has 0 atom stereocenters. The average molecular weight is 308 g/mol. The molecule has 0 saturated carbocycles. The molecular formula is C10H12BrF2N3O. The first kappa shape index (κ1) is 13.7. The Balaban J connectivity index is 3.14. The first-order valence-electron chi connectivity index (χ1n) is 4.72. The van der Waals surface area contributed by atoms with Crippen LogP contribution in [0.2, 0.25) is 0 Å². The van der Waals surface area contributed by atoms with Crippen LogP contribution in [0.5, 0.6) is 0 Å². The molecule has 94 valence electrons. The van der Waals surface area contributed by atoms with Crippen molar-refractivity contribution >= 4 is 27.5 Å². The van der Waals surface area contributed by atoms with E-state index < -0.39 is 13.0 Å². The standard InChI is InChI=1S/C10H12BrF2N3O/c1-16(5-9(12)13)8-3-2-6(11)4-7(8)10(14)15-17/h2-4,9,17H,5H2,1H3,(H2,14,15). The zero-order valence-corrected chi connectivity index (χ0v) is 10.7. The van der Waals surface area contributed by atoms with Crippen LogP contribution in [0.1, 0.15) is 5.56 Å². The number of nitrogens with two attached hydrogens (primary N) is 1. The molecule has 17 heavy (non-hydrogen) atoms. The van der Waals surface area contributed by atoms with Crippen molar-refractivity contribution in [2.24, 2.45) is 10.9 Å². The SMILES string of the molecule is CN(CC(F)F)c1ccc(Br)cc1/C(N)=N/O. The lowest BCUT2D eigenvalue weighted by Crippen LogP contribution is -2.27. The number of oxime groups is 1. The van der Waals surface area contributed by atoms with E-state index in [4.69, 9.17) is 10.9 Å². The highest BCUT2D eigenvalue weighted by molar-refractivity contribution is 9.10. The van der Waals surface area contributed by atoms with Crippen molar-refractivity contribution in [3.8, 4) is 0 Å². The third-order valence-corrected chi connectivity index (χ3v) is 2.66. The fraction of sp³-hybridized carbons (Fsp3) is 0.300. The van der Waals surface area contributed by atoms with Gasteiger partial charge in [-0.2, -0.15) is 0 Å². The fourth-order valence-corrected chi connectivity index (χ4v) is 1.77. The summed E-state index contributed by atoms with van der Waals surface area (Å²) in [6, 6.07) is 4.93. The summed E-state index contributed by atoms with van der Waals surface area (Å²) in [5.74, 6) is -0.123. The summed E-state index contributed by atoms with van der Waals surface area (Å²) in [5, 5.41) is 11.5. The fourth-order valence-electron chi connectivity index (χ4n) is 1.41. The Labute approximate surface area is 106 Å². The quantitative estimate of drug-likeness (QED) is 0.388. The topological polar surface area (TPSA) is 61.8 Å². The number of alkyl halides is 2. The minimum Gasteiger partial charge on any atom is -0.409 e. The van der Waals surface area contributed by atoms with Crippen LogP contribution in [-0.4, -0.2) is 31.1 Å². The minimum absolute atomic E-state index is 0.123. The van der Waals surface area contributed by atoms with E-state index in [0.717, 1.165) is 0 Å². The van der Waals surface area contributed by atoms with Crippen LogP contribution in [0.4, 0.5) is 14.5 Å². The van der Waals surface area contributed by atoms with Gasteiger partial charge in [0.15, 0.2) is 5.84 Å². The van der Waals surface area contributed by atoms with Crippen molar-refractivity contribution in [1.29, 1.82) is 0 Å². The van der Waals surface area contributed by atoms with Crippen LogP contribution in [0.3, 0.4) is 0 Å². The Morgan fingerprint density at radius 3 is 2.76 bits per heavy atom. The molecule has 1 aromatic carbocycles. The van der Waals surface area contributed by atoms with Crippen LogP contribution in [-0.2, 0) is 0 Å². The van der Waals surface area contributed by atoms with Gasteiger partial charge < -0.3 is 15.8 Å². The van der Waals surface area contributed by atoms with E-state index in [-0.39, 0.29) is 5.84 Å². The van der Waals surface area contributed by atoms with E-state index >= 15 is 0 Å². The lowest BCUT2D eigenvalue weighted by Gasteiger charge is -2.21. The molecule has 0 bridgehead atoms. The lowest BCUT2D eigenvalue weighted by atomic mass is 10.1. The van der Waals surface area contributed by atoms with Gasteiger partial charge in [0, 0.05) is 22.8 Å². The zero-order chi connectivity index (χ0) is 13.0. The molecule has 0 aromatic heterocycles. The summed E-state index contributed by atoms with van der Waals surface area (Å²) in [4.78, 5) is 1.35. The van der Waals surface area contributed by atoms with Gasteiger partial charge in [-0.15, -0.1) is 0 Å². The van der Waals surface area contributed by atoms with E-state index in [1.807, 2.05) is 0 Å². The molecule has 3 N–H and O–H groups in total. The third-order valence-electron chi connectivity index (χ3n) is 2.17. The molecule has 0 unspecified atom stereocenters. The molecule has 0 aliphatic carbocycles. The molecule has 1 rings (SSSR count). The van der Waals surface area contributed by atoms with Crippen molar-refractivity contribution in [1.82, 2.24) is 0 Å². The Morgan fingerprint density at radius 1 is 1.59 bits per heavy atom. The number of amidine groups is 1. The largest absolute Gasteiger partial charge is 0.409 e. The monoisotopic (exact) mass is 307 g/mol. The molecule has 0 amide bonds. The van der Waals surface area contributed by atoms with Gasteiger partial charge in [0.2, 0.25) is 0 Å². The van der Waals surface area contributed by atoms with Gasteiger partial charge in [0.25, 0.3) is 6.43 Å². The smallest absolute Gasteiger partial charge is 0.255 e. The zero-order valence-electron chi connectivity index (χ0n) is 9.07. The first-order chi connectivity index (χ1) is 7.95. The van der Waals surface area contributed by atoms with Gasteiger partial charge in [-0.25, -0.2) is 8.78 Å². The number of nitrogens with zero attached hydrogens (tertiary/aromatic N) is 2. The summed E-state index contributed by atoms with van der Waals surface area (Å²) >= 11 is 3.23. The van der Waals surface area contributed by atoms with Crippen molar-refractivity contribution in [2.75, 3.05) is 18.5 Å². The molecular weight excluding hydrogens is 296 g/mol. The van der Waals surface area contributed by atoms with Crippen molar-refractivity contribution < 1.29 is 14.0 Å². The van der Waals surface area contributed by atoms with E-state index in [1.165, 1.54) is 11.9 Å². The van der Waals surface area contributed by atoms with Crippen molar-refractivity contribution in [2.45, 2.75) is 6.43 Å². The number of benzene rings is 1. The summed E-state index contributed by atoms with van der Waals surface area (Å²) in [5.41, 5.74) is 6.37. The van der Waals surface area contributed by atoms with Crippen molar-refractivity contribution in [3.63, 3.8) is 0 Å². The number of rotatable bonds is 4. The molecule has 0 heterocycles. The van der Waals surface area contributed by atoms with Gasteiger partial charge in [-0.3, -0.25) is 0 Å². The molecule has 0 aliphatic rings. The van der Waals surface area contributed by atoms with E-state index in [2.05, 4.69) is 21.1 Å².